The van der Waals surface area contributed by atoms with Crippen molar-refractivity contribution in [3.05, 3.63) is 36.7 Å². The van der Waals surface area contributed by atoms with Crippen LogP contribution < -0.4 is 14.4 Å². The molecule has 2 heterocycles. The molecule has 1 saturated heterocycles. The lowest BCUT2D eigenvalue weighted by atomic mass is 10.3. The van der Waals surface area contributed by atoms with Crippen molar-refractivity contribution in [1.29, 1.82) is 0 Å². The number of nitrogens with zero attached hydrogens (tertiary/aromatic N) is 4. The van der Waals surface area contributed by atoms with E-state index in [9.17, 15) is 8.42 Å². The van der Waals surface area contributed by atoms with Gasteiger partial charge >= 0.3 is 0 Å². The zero-order valence-corrected chi connectivity index (χ0v) is 15.8. The van der Waals surface area contributed by atoms with Gasteiger partial charge in [-0.3, -0.25) is 0 Å². The van der Waals surface area contributed by atoms with Crippen molar-refractivity contribution in [2.24, 2.45) is 0 Å². The lowest BCUT2D eigenvalue weighted by Gasteiger charge is -2.19. The first kappa shape index (κ1) is 18.4. The Labute approximate surface area is 153 Å². The van der Waals surface area contributed by atoms with Gasteiger partial charge in [0.15, 0.2) is 5.82 Å². The van der Waals surface area contributed by atoms with Crippen molar-refractivity contribution in [2.45, 2.75) is 17.4 Å². The van der Waals surface area contributed by atoms with Gasteiger partial charge in [-0.15, -0.1) is 0 Å². The Balaban J connectivity index is 1.74. The Morgan fingerprint density at radius 1 is 1.23 bits per heavy atom. The molecule has 0 bridgehead atoms. The molecule has 1 aliphatic rings. The number of benzene rings is 1. The van der Waals surface area contributed by atoms with E-state index in [0.717, 1.165) is 0 Å². The predicted molar refractivity (Wildman–Crippen MR) is 97.1 cm³/mol. The van der Waals surface area contributed by atoms with Crippen molar-refractivity contribution in [2.75, 3.05) is 39.2 Å². The summed E-state index contributed by atoms with van der Waals surface area (Å²) in [5.74, 6) is 1.53. The highest BCUT2D eigenvalue weighted by Gasteiger charge is 2.34. The quantitative estimate of drug-likeness (QED) is 0.751. The van der Waals surface area contributed by atoms with E-state index in [1.165, 1.54) is 17.5 Å². The molecule has 1 fully saturated rings. The van der Waals surface area contributed by atoms with Gasteiger partial charge in [0.25, 0.3) is 5.88 Å². The number of rotatable bonds is 6. The maximum Gasteiger partial charge on any atom is 0.257 e. The van der Waals surface area contributed by atoms with Crippen LogP contribution in [-0.4, -0.2) is 63.1 Å². The number of aromatic nitrogens is 2. The van der Waals surface area contributed by atoms with Crippen LogP contribution in [0.3, 0.4) is 0 Å². The van der Waals surface area contributed by atoms with Crippen molar-refractivity contribution < 1.29 is 17.9 Å². The van der Waals surface area contributed by atoms with Gasteiger partial charge in [0.2, 0.25) is 10.0 Å². The van der Waals surface area contributed by atoms with Gasteiger partial charge < -0.3 is 14.4 Å². The molecule has 3 rings (SSSR count). The van der Waals surface area contributed by atoms with Crippen molar-refractivity contribution in [3.63, 3.8) is 0 Å². The van der Waals surface area contributed by atoms with E-state index in [1.54, 1.807) is 30.6 Å². The van der Waals surface area contributed by atoms with E-state index in [0.29, 0.717) is 30.4 Å². The second-order valence-corrected chi connectivity index (χ2v) is 8.09. The summed E-state index contributed by atoms with van der Waals surface area (Å²) in [6.07, 6.45) is 3.47. The monoisotopic (exact) mass is 378 g/mol. The molecule has 2 aromatic rings. The molecule has 0 saturated carbocycles. The maximum absolute atomic E-state index is 12.9. The highest BCUT2D eigenvalue weighted by Crippen LogP contribution is 2.28. The second-order valence-electron chi connectivity index (χ2n) is 6.15. The summed E-state index contributed by atoms with van der Waals surface area (Å²) in [7, 11) is 1.62. The number of sulfonamides is 1. The Morgan fingerprint density at radius 2 is 2.00 bits per heavy atom. The van der Waals surface area contributed by atoms with Gasteiger partial charge in [0, 0.05) is 39.1 Å². The molecule has 0 amide bonds. The molecule has 26 heavy (non-hydrogen) atoms. The fourth-order valence-corrected chi connectivity index (χ4v) is 4.31. The van der Waals surface area contributed by atoms with Crippen LogP contribution in [0.2, 0.25) is 0 Å². The lowest BCUT2D eigenvalue weighted by molar-refractivity contribution is 0.207. The summed E-state index contributed by atoms with van der Waals surface area (Å²) in [5, 5.41) is 0. The molecule has 0 aliphatic carbocycles. The third kappa shape index (κ3) is 3.73. The first-order valence-electron chi connectivity index (χ1n) is 8.21. The molecule has 1 unspecified atom stereocenters. The topological polar surface area (TPSA) is 84.9 Å². The Morgan fingerprint density at radius 3 is 2.73 bits per heavy atom. The van der Waals surface area contributed by atoms with E-state index in [4.69, 9.17) is 9.47 Å². The summed E-state index contributed by atoms with van der Waals surface area (Å²) < 4.78 is 38.2. The van der Waals surface area contributed by atoms with Crippen molar-refractivity contribution in [1.82, 2.24) is 14.3 Å². The lowest BCUT2D eigenvalue weighted by Crippen LogP contribution is -2.31. The van der Waals surface area contributed by atoms with E-state index in [2.05, 4.69) is 9.97 Å². The van der Waals surface area contributed by atoms with Gasteiger partial charge in [0.1, 0.15) is 11.9 Å². The maximum atomic E-state index is 12.9. The standard InChI is InChI=1S/C17H22N4O4S/c1-20(2)16-17(19-9-8-18-16)25-14-7-10-21(12-14)26(22,23)15-6-4-5-13(11-15)24-3/h4-6,8-9,11,14H,7,10,12H2,1-3H3. The minimum absolute atomic E-state index is 0.214. The number of hydrogen-bond acceptors (Lipinski definition) is 7. The van der Waals surface area contributed by atoms with Crippen LogP contribution >= 0.6 is 0 Å². The van der Waals surface area contributed by atoms with E-state index in [1.807, 2.05) is 19.0 Å². The van der Waals surface area contributed by atoms with Crippen LogP contribution in [0, 0.1) is 0 Å². The van der Waals surface area contributed by atoms with Crippen LogP contribution in [-0.2, 0) is 10.0 Å². The largest absolute Gasteiger partial charge is 0.497 e. The third-order valence-corrected chi connectivity index (χ3v) is 6.00. The molecule has 9 heteroatoms. The summed E-state index contributed by atoms with van der Waals surface area (Å²) in [6.45, 7) is 0.657. The van der Waals surface area contributed by atoms with Crippen LogP contribution in [0.4, 0.5) is 5.82 Å². The van der Waals surface area contributed by atoms with Gasteiger partial charge in [-0.25, -0.2) is 18.4 Å². The zero-order valence-electron chi connectivity index (χ0n) is 15.0. The Hall–Kier alpha value is -2.39. The predicted octanol–water partition coefficient (Wildman–Crippen LogP) is 1.39. The number of anilines is 1. The SMILES string of the molecule is COc1cccc(S(=O)(=O)N2CCC(Oc3nccnc3N(C)C)C2)c1. The van der Waals surface area contributed by atoms with E-state index < -0.39 is 10.0 Å². The highest BCUT2D eigenvalue weighted by atomic mass is 32.2. The second kappa shape index (κ2) is 7.46. The minimum Gasteiger partial charge on any atom is -0.497 e. The third-order valence-electron chi connectivity index (χ3n) is 4.14. The van der Waals surface area contributed by atoms with Gasteiger partial charge in [-0.2, -0.15) is 4.31 Å². The molecule has 8 nitrogen and oxygen atoms in total. The molecule has 0 spiro atoms. The first-order chi connectivity index (χ1) is 12.4. The molecule has 1 aliphatic heterocycles. The van der Waals surface area contributed by atoms with Crippen molar-refractivity contribution >= 4 is 15.8 Å². The number of ether oxygens (including phenoxy) is 2. The van der Waals surface area contributed by atoms with Gasteiger partial charge in [-0.05, 0) is 18.6 Å². The van der Waals surface area contributed by atoms with Crippen LogP contribution in [0.25, 0.3) is 0 Å². The molecule has 1 aromatic carbocycles. The Kier molecular flexibility index (Phi) is 5.28. The molecule has 1 aromatic heterocycles. The average molecular weight is 378 g/mol. The fraction of sp³-hybridized carbons (Fsp3) is 0.412. The van der Waals surface area contributed by atoms with Gasteiger partial charge in [-0.1, -0.05) is 6.07 Å². The first-order valence-corrected chi connectivity index (χ1v) is 9.65. The normalized spacial score (nSPS) is 17.9. The summed E-state index contributed by atoms with van der Waals surface area (Å²) in [6, 6.07) is 6.47. The van der Waals surface area contributed by atoms with Crippen LogP contribution in [0.1, 0.15) is 6.42 Å². The zero-order chi connectivity index (χ0) is 18.7. The fourth-order valence-electron chi connectivity index (χ4n) is 2.79. The summed E-state index contributed by atoms with van der Waals surface area (Å²) >= 11 is 0. The van der Waals surface area contributed by atoms with Crippen LogP contribution in [0.5, 0.6) is 11.6 Å². The average Bonchev–Trinajstić information content (AvgIpc) is 3.11. The van der Waals surface area contributed by atoms with E-state index >= 15 is 0 Å². The minimum atomic E-state index is -3.60. The molecule has 0 N–H and O–H groups in total. The summed E-state index contributed by atoms with van der Waals surface area (Å²) in [5.41, 5.74) is 0. The smallest absolute Gasteiger partial charge is 0.257 e. The van der Waals surface area contributed by atoms with Crippen LogP contribution in [0.15, 0.2) is 41.6 Å². The molecule has 0 radical (unpaired) electrons. The Bertz CT molecular complexity index is 873. The van der Waals surface area contributed by atoms with E-state index in [-0.39, 0.29) is 17.5 Å². The molecular weight excluding hydrogens is 356 g/mol. The summed E-state index contributed by atoms with van der Waals surface area (Å²) in [4.78, 5) is 10.5. The van der Waals surface area contributed by atoms with Gasteiger partial charge in [0.05, 0.1) is 18.6 Å². The molecule has 140 valence electrons. The van der Waals surface area contributed by atoms with Crippen molar-refractivity contribution in [3.8, 4) is 11.6 Å². The molecular formula is C17H22N4O4S. The number of methoxy groups -OCH3 is 1. The number of hydrogen-bond donors (Lipinski definition) is 0. The highest BCUT2D eigenvalue weighted by molar-refractivity contribution is 7.89. The molecule has 1 atom stereocenters.